The third-order valence-corrected chi connectivity index (χ3v) is 3.10. The summed E-state index contributed by atoms with van der Waals surface area (Å²) < 4.78 is 4.75. The Morgan fingerprint density at radius 3 is 2.94 bits per heavy atom. The third kappa shape index (κ3) is 3.48. The number of aryl methyl sites for hydroxylation is 1. The fourth-order valence-electron chi connectivity index (χ4n) is 1.16. The molecule has 5 nitrogen and oxygen atoms in total. The molecule has 0 aliphatic carbocycles. The zero-order valence-electron chi connectivity index (χ0n) is 9.32. The van der Waals surface area contributed by atoms with Gasteiger partial charge in [-0.2, -0.15) is 0 Å². The van der Waals surface area contributed by atoms with Gasteiger partial charge in [-0.1, -0.05) is 0 Å². The Morgan fingerprint density at radius 1 is 1.75 bits per heavy atom. The normalized spacial score (nSPS) is 12.4. The predicted molar refractivity (Wildman–Crippen MR) is 63.7 cm³/mol. The molecule has 1 aromatic heterocycles. The first-order chi connectivity index (χ1) is 7.54. The molecule has 1 amide bonds. The summed E-state index contributed by atoms with van der Waals surface area (Å²) in [4.78, 5) is 13.1. The molecule has 0 fully saturated rings. The van der Waals surface area contributed by atoms with E-state index in [1.807, 2.05) is 6.92 Å². The van der Waals surface area contributed by atoms with Crippen LogP contribution in [0, 0.1) is 6.92 Å². The minimum atomic E-state index is -0.688. The van der Waals surface area contributed by atoms with Crippen LogP contribution in [0.5, 0.6) is 0 Å². The van der Waals surface area contributed by atoms with Crippen LogP contribution >= 0.6 is 11.3 Å². The molecule has 0 aliphatic rings. The number of hydrogen-bond donors (Lipinski definition) is 3. The lowest BCUT2D eigenvalue weighted by Gasteiger charge is -2.09. The van der Waals surface area contributed by atoms with E-state index in [1.165, 1.54) is 18.4 Å². The molecule has 1 rings (SSSR count). The number of thiophene rings is 1. The predicted octanol–water partition coefficient (Wildman–Crippen LogP) is 0.376. The van der Waals surface area contributed by atoms with E-state index in [1.54, 1.807) is 6.07 Å². The van der Waals surface area contributed by atoms with E-state index in [0.717, 1.165) is 4.88 Å². The Bertz CT molecular complexity index is 345. The molecule has 4 N–H and O–H groups in total. The summed E-state index contributed by atoms with van der Waals surface area (Å²) >= 11 is 1.34. The topological polar surface area (TPSA) is 84.6 Å². The molecule has 0 saturated carbocycles. The number of aliphatic hydroxyl groups excluding tert-OH is 1. The standard InChI is InChI=1S/C10H16N2O3S/c1-6-8(11)3-9(16-6)10(14)12-4-7(13)5-15-2/h3,7,13H,4-5,11H2,1-2H3,(H,12,14). The molecule has 0 bridgehead atoms. The number of hydrogen-bond acceptors (Lipinski definition) is 5. The molecule has 0 spiro atoms. The average molecular weight is 244 g/mol. The Hall–Kier alpha value is -1.11. The zero-order valence-corrected chi connectivity index (χ0v) is 10.1. The second-order valence-corrected chi connectivity index (χ2v) is 4.70. The summed E-state index contributed by atoms with van der Waals surface area (Å²) in [5.41, 5.74) is 6.26. The number of nitrogen functional groups attached to an aromatic ring is 1. The molecule has 1 aromatic rings. The van der Waals surface area contributed by atoms with Gasteiger partial charge in [0.05, 0.1) is 17.6 Å². The highest BCUT2D eigenvalue weighted by molar-refractivity contribution is 7.14. The lowest BCUT2D eigenvalue weighted by Crippen LogP contribution is -2.33. The first-order valence-corrected chi connectivity index (χ1v) is 5.67. The largest absolute Gasteiger partial charge is 0.398 e. The fourth-order valence-corrected chi connectivity index (χ4v) is 2.01. The molecule has 16 heavy (non-hydrogen) atoms. The van der Waals surface area contributed by atoms with E-state index in [-0.39, 0.29) is 19.1 Å². The van der Waals surface area contributed by atoms with Crippen LogP contribution < -0.4 is 11.1 Å². The molecular weight excluding hydrogens is 228 g/mol. The van der Waals surface area contributed by atoms with Crippen molar-refractivity contribution in [1.29, 1.82) is 0 Å². The highest BCUT2D eigenvalue weighted by Gasteiger charge is 2.12. The van der Waals surface area contributed by atoms with E-state index >= 15 is 0 Å². The van der Waals surface area contributed by atoms with Crippen molar-refractivity contribution in [2.45, 2.75) is 13.0 Å². The third-order valence-electron chi connectivity index (χ3n) is 2.04. The number of carbonyl (C=O) groups is 1. The SMILES string of the molecule is COCC(O)CNC(=O)c1cc(N)c(C)s1. The zero-order chi connectivity index (χ0) is 12.1. The van der Waals surface area contributed by atoms with Gasteiger partial charge in [0.25, 0.3) is 5.91 Å². The maximum atomic E-state index is 11.6. The molecule has 0 aliphatic heterocycles. The van der Waals surface area contributed by atoms with Crippen LogP contribution in [-0.4, -0.2) is 37.4 Å². The quantitative estimate of drug-likeness (QED) is 0.699. The Labute approximate surface area is 98.2 Å². The summed E-state index contributed by atoms with van der Waals surface area (Å²) in [5, 5.41) is 12.0. The Morgan fingerprint density at radius 2 is 2.44 bits per heavy atom. The smallest absolute Gasteiger partial charge is 0.261 e. The first kappa shape index (κ1) is 13.0. The first-order valence-electron chi connectivity index (χ1n) is 4.85. The number of anilines is 1. The van der Waals surface area contributed by atoms with Gasteiger partial charge in [0, 0.05) is 24.2 Å². The second-order valence-electron chi connectivity index (χ2n) is 3.44. The van der Waals surface area contributed by atoms with Gasteiger partial charge in [-0.05, 0) is 13.0 Å². The maximum absolute atomic E-state index is 11.6. The molecular formula is C10H16N2O3S. The van der Waals surface area contributed by atoms with Crippen LogP contribution in [-0.2, 0) is 4.74 Å². The van der Waals surface area contributed by atoms with Gasteiger partial charge >= 0.3 is 0 Å². The summed E-state index contributed by atoms with van der Waals surface area (Å²) in [6, 6.07) is 1.64. The maximum Gasteiger partial charge on any atom is 0.261 e. The lowest BCUT2D eigenvalue weighted by molar-refractivity contribution is 0.0611. The Balaban J connectivity index is 2.46. The number of nitrogens with two attached hydrogens (primary N) is 1. The number of methoxy groups -OCH3 is 1. The summed E-state index contributed by atoms with van der Waals surface area (Å²) in [5.74, 6) is -0.222. The van der Waals surface area contributed by atoms with E-state index in [2.05, 4.69) is 5.32 Å². The molecule has 0 aromatic carbocycles. The van der Waals surface area contributed by atoms with Crippen molar-refractivity contribution in [2.24, 2.45) is 0 Å². The van der Waals surface area contributed by atoms with Crippen molar-refractivity contribution in [3.8, 4) is 0 Å². The van der Waals surface area contributed by atoms with Crippen molar-refractivity contribution in [1.82, 2.24) is 5.32 Å². The minimum absolute atomic E-state index is 0.170. The van der Waals surface area contributed by atoms with Gasteiger partial charge in [-0.15, -0.1) is 11.3 Å². The van der Waals surface area contributed by atoms with E-state index in [9.17, 15) is 9.90 Å². The van der Waals surface area contributed by atoms with Gasteiger partial charge in [-0.3, -0.25) is 4.79 Å². The molecule has 0 radical (unpaired) electrons. The number of aliphatic hydroxyl groups is 1. The van der Waals surface area contributed by atoms with E-state index in [4.69, 9.17) is 10.5 Å². The molecule has 1 atom stereocenters. The van der Waals surface area contributed by atoms with Crippen molar-refractivity contribution >= 4 is 22.9 Å². The van der Waals surface area contributed by atoms with Crippen LogP contribution in [0.4, 0.5) is 5.69 Å². The van der Waals surface area contributed by atoms with Crippen LogP contribution in [0.2, 0.25) is 0 Å². The highest BCUT2D eigenvalue weighted by Crippen LogP contribution is 2.22. The monoisotopic (exact) mass is 244 g/mol. The van der Waals surface area contributed by atoms with Crippen molar-refractivity contribution in [3.63, 3.8) is 0 Å². The van der Waals surface area contributed by atoms with E-state index in [0.29, 0.717) is 10.6 Å². The lowest BCUT2D eigenvalue weighted by atomic mass is 10.3. The van der Waals surface area contributed by atoms with Gasteiger partial charge in [0.1, 0.15) is 0 Å². The number of ether oxygens (including phenoxy) is 1. The molecule has 90 valence electrons. The highest BCUT2D eigenvalue weighted by atomic mass is 32.1. The fraction of sp³-hybridized carbons (Fsp3) is 0.500. The summed E-state index contributed by atoms with van der Waals surface area (Å²) in [6.45, 7) is 2.23. The summed E-state index contributed by atoms with van der Waals surface area (Å²) in [7, 11) is 1.49. The van der Waals surface area contributed by atoms with Gasteiger partial charge in [0.15, 0.2) is 0 Å². The molecule has 6 heteroatoms. The molecule has 1 heterocycles. The second kappa shape index (κ2) is 5.83. The van der Waals surface area contributed by atoms with Gasteiger partial charge < -0.3 is 20.9 Å². The minimum Gasteiger partial charge on any atom is -0.398 e. The average Bonchev–Trinajstić information content (AvgIpc) is 2.56. The number of nitrogens with one attached hydrogen (secondary N) is 1. The summed E-state index contributed by atoms with van der Waals surface area (Å²) in [6.07, 6.45) is -0.688. The van der Waals surface area contributed by atoms with Crippen LogP contribution in [0.3, 0.4) is 0 Å². The van der Waals surface area contributed by atoms with Gasteiger partial charge in [-0.25, -0.2) is 0 Å². The van der Waals surface area contributed by atoms with Crippen LogP contribution in [0.25, 0.3) is 0 Å². The molecule has 0 saturated heterocycles. The number of carbonyl (C=O) groups excluding carboxylic acids is 1. The van der Waals surface area contributed by atoms with Crippen LogP contribution in [0.1, 0.15) is 14.5 Å². The van der Waals surface area contributed by atoms with Crippen LogP contribution in [0.15, 0.2) is 6.07 Å². The Kier molecular flexibility index (Phi) is 4.72. The van der Waals surface area contributed by atoms with Crippen molar-refractivity contribution in [2.75, 3.05) is 26.0 Å². The molecule has 1 unspecified atom stereocenters. The number of amides is 1. The van der Waals surface area contributed by atoms with Gasteiger partial charge in [0.2, 0.25) is 0 Å². The van der Waals surface area contributed by atoms with Crippen molar-refractivity contribution < 1.29 is 14.6 Å². The van der Waals surface area contributed by atoms with E-state index < -0.39 is 6.10 Å². The van der Waals surface area contributed by atoms with Crippen molar-refractivity contribution in [3.05, 3.63) is 15.8 Å². The number of rotatable bonds is 5.